The zero-order valence-electron chi connectivity index (χ0n) is 23.6. The lowest BCUT2D eigenvalue weighted by Crippen LogP contribution is -2.34. The third kappa shape index (κ3) is 5.33. The van der Waals surface area contributed by atoms with Gasteiger partial charge in [0.1, 0.15) is 5.75 Å². The van der Waals surface area contributed by atoms with E-state index in [9.17, 15) is 0 Å². The topological polar surface area (TPSA) is 12.5 Å². The molecule has 2 heteroatoms. The van der Waals surface area contributed by atoms with Gasteiger partial charge in [0.15, 0.2) is 5.60 Å². The van der Waals surface area contributed by atoms with Crippen LogP contribution in [-0.4, -0.2) is 0 Å². The Balaban J connectivity index is 1.18. The Hall–Kier alpha value is -5.78. The zero-order chi connectivity index (χ0) is 28.9. The molecule has 0 fully saturated rings. The molecule has 1 heterocycles. The number of fused-ring (bicyclic) bond motifs is 1. The molecule has 0 atom stereocenters. The molecule has 0 saturated carbocycles. The second kappa shape index (κ2) is 11.6. The average molecular weight is 552 g/mol. The fourth-order valence-corrected chi connectivity index (χ4v) is 5.54. The Bertz CT molecular complexity index is 1840. The maximum absolute atomic E-state index is 6.85. The highest BCUT2D eigenvalue weighted by Gasteiger charge is 2.36. The van der Waals surface area contributed by atoms with Crippen molar-refractivity contribution in [2.24, 2.45) is 0 Å². The number of ether oxygens (including phenoxy) is 1. The van der Waals surface area contributed by atoms with Crippen LogP contribution in [0.15, 0.2) is 170 Å². The van der Waals surface area contributed by atoms with Crippen LogP contribution >= 0.6 is 0 Å². The fourth-order valence-electron chi connectivity index (χ4n) is 5.54. The van der Waals surface area contributed by atoms with E-state index in [0.717, 1.165) is 50.6 Å². The normalized spacial score (nSPS) is 12.7. The van der Waals surface area contributed by atoms with Crippen LogP contribution in [-0.2, 0) is 5.60 Å². The van der Waals surface area contributed by atoms with E-state index in [2.05, 4.69) is 162 Å². The second-order valence-corrected chi connectivity index (χ2v) is 10.5. The van der Waals surface area contributed by atoms with Crippen LogP contribution in [0.5, 0.6) is 5.75 Å². The van der Waals surface area contributed by atoms with E-state index in [4.69, 9.17) is 4.74 Å². The first-order chi connectivity index (χ1) is 21.3. The highest BCUT2D eigenvalue weighted by atomic mass is 16.5. The summed E-state index contributed by atoms with van der Waals surface area (Å²) in [6, 6.07) is 56.2. The van der Waals surface area contributed by atoms with Gasteiger partial charge < -0.3 is 9.64 Å². The first-order valence-electron chi connectivity index (χ1n) is 14.4. The number of nitrogens with zero attached hydrogens (tertiary/aromatic N) is 1. The maximum Gasteiger partial charge on any atom is 0.178 e. The minimum atomic E-state index is -0.708. The number of hydrogen-bond donors (Lipinski definition) is 0. The number of para-hydroxylation sites is 2. The molecule has 0 bridgehead atoms. The molecular formula is C41H29NO. The van der Waals surface area contributed by atoms with Gasteiger partial charge in [-0.2, -0.15) is 0 Å². The number of benzene rings is 6. The van der Waals surface area contributed by atoms with Crippen LogP contribution in [0.4, 0.5) is 17.1 Å². The van der Waals surface area contributed by atoms with Crippen molar-refractivity contribution in [3.63, 3.8) is 0 Å². The SMILES string of the molecule is C(#Cc1ccc2c(c1)OC(c1ccccc1)(c1ccccc1)C=C2)c1ccc(N(c2ccccc2)c2ccccc2)cc1. The Labute approximate surface area is 253 Å². The zero-order valence-corrected chi connectivity index (χ0v) is 23.6. The minimum absolute atomic E-state index is 0.708. The summed E-state index contributed by atoms with van der Waals surface area (Å²) in [6.07, 6.45) is 4.31. The van der Waals surface area contributed by atoms with Crippen molar-refractivity contribution < 1.29 is 4.74 Å². The predicted molar refractivity (Wildman–Crippen MR) is 177 cm³/mol. The molecule has 6 aromatic rings. The van der Waals surface area contributed by atoms with E-state index in [1.807, 2.05) is 30.3 Å². The van der Waals surface area contributed by atoms with Crippen molar-refractivity contribution in [3.8, 4) is 17.6 Å². The summed E-state index contributed by atoms with van der Waals surface area (Å²) in [5.41, 5.74) is 7.65. The smallest absolute Gasteiger partial charge is 0.178 e. The van der Waals surface area contributed by atoms with Crippen LogP contribution in [0.1, 0.15) is 27.8 Å². The van der Waals surface area contributed by atoms with Crippen molar-refractivity contribution in [2.45, 2.75) is 5.60 Å². The third-order valence-electron chi connectivity index (χ3n) is 7.69. The van der Waals surface area contributed by atoms with Gasteiger partial charge in [-0.1, -0.05) is 121 Å². The minimum Gasteiger partial charge on any atom is -0.473 e. The monoisotopic (exact) mass is 551 g/mol. The van der Waals surface area contributed by atoms with Crippen LogP contribution in [0.25, 0.3) is 6.08 Å². The van der Waals surface area contributed by atoms with Crippen molar-refractivity contribution >= 4 is 23.1 Å². The van der Waals surface area contributed by atoms with E-state index in [1.165, 1.54) is 0 Å². The second-order valence-electron chi connectivity index (χ2n) is 10.5. The molecule has 0 unspecified atom stereocenters. The summed E-state index contributed by atoms with van der Waals surface area (Å²) < 4.78 is 6.85. The molecule has 7 rings (SSSR count). The summed E-state index contributed by atoms with van der Waals surface area (Å²) in [5.74, 6) is 7.54. The van der Waals surface area contributed by atoms with E-state index in [0.29, 0.717) is 0 Å². The molecule has 0 saturated heterocycles. The lowest BCUT2D eigenvalue weighted by Gasteiger charge is -2.36. The van der Waals surface area contributed by atoms with Gasteiger partial charge in [-0.05, 0) is 66.7 Å². The molecule has 43 heavy (non-hydrogen) atoms. The van der Waals surface area contributed by atoms with E-state index in [-0.39, 0.29) is 0 Å². The number of rotatable bonds is 5. The van der Waals surface area contributed by atoms with Gasteiger partial charge in [0.05, 0.1) is 0 Å². The van der Waals surface area contributed by atoms with E-state index < -0.39 is 5.60 Å². The summed E-state index contributed by atoms with van der Waals surface area (Å²) in [7, 11) is 0. The van der Waals surface area contributed by atoms with Gasteiger partial charge in [-0.15, -0.1) is 0 Å². The molecule has 1 aliphatic rings. The third-order valence-corrected chi connectivity index (χ3v) is 7.69. The lowest BCUT2D eigenvalue weighted by molar-refractivity contribution is 0.161. The molecule has 0 amide bonds. The van der Waals surface area contributed by atoms with Crippen LogP contribution in [0.3, 0.4) is 0 Å². The van der Waals surface area contributed by atoms with Crippen molar-refractivity contribution in [2.75, 3.05) is 4.90 Å². The van der Waals surface area contributed by atoms with Crippen molar-refractivity contribution in [1.29, 1.82) is 0 Å². The van der Waals surface area contributed by atoms with Crippen molar-refractivity contribution in [1.82, 2.24) is 0 Å². The van der Waals surface area contributed by atoms with Gasteiger partial charge in [0, 0.05) is 44.9 Å². The Kier molecular flexibility index (Phi) is 7.06. The Morgan fingerprint density at radius 2 is 0.930 bits per heavy atom. The lowest BCUT2D eigenvalue weighted by atomic mass is 9.83. The highest BCUT2D eigenvalue weighted by Crippen LogP contribution is 2.42. The molecule has 0 radical (unpaired) electrons. The molecule has 0 spiro atoms. The van der Waals surface area contributed by atoms with Crippen LogP contribution in [0.2, 0.25) is 0 Å². The van der Waals surface area contributed by atoms with Crippen LogP contribution in [0, 0.1) is 11.8 Å². The molecule has 0 aliphatic carbocycles. The molecule has 204 valence electrons. The first kappa shape index (κ1) is 26.1. The van der Waals surface area contributed by atoms with E-state index >= 15 is 0 Å². The summed E-state index contributed by atoms with van der Waals surface area (Å²) in [6.45, 7) is 0. The number of anilines is 3. The maximum atomic E-state index is 6.85. The quantitative estimate of drug-likeness (QED) is 0.198. The van der Waals surface area contributed by atoms with Gasteiger partial charge in [0.2, 0.25) is 0 Å². The molecular weight excluding hydrogens is 522 g/mol. The van der Waals surface area contributed by atoms with E-state index in [1.54, 1.807) is 0 Å². The largest absolute Gasteiger partial charge is 0.473 e. The molecule has 0 aromatic heterocycles. The standard InChI is InChI=1S/C41H29NO/c1-5-13-35(14-6-1)41(36-15-7-2-8-16-36)30-29-34-26-23-33(31-40(34)43-41)22-21-32-24-27-39(28-25-32)42(37-17-9-3-10-18-37)38-19-11-4-12-20-38/h1-20,23-31H. The van der Waals surface area contributed by atoms with Gasteiger partial charge in [-0.25, -0.2) is 0 Å². The number of hydrogen-bond acceptors (Lipinski definition) is 2. The summed E-state index contributed by atoms with van der Waals surface area (Å²) in [5, 5.41) is 0. The Morgan fingerprint density at radius 1 is 0.465 bits per heavy atom. The van der Waals surface area contributed by atoms with Crippen molar-refractivity contribution in [3.05, 3.63) is 198 Å². The summed E-state index contributed by atoms with van der Waals surface area (Å²) in [4.78, 5) is 2.25. The average Bonchev–Trinajstić information content (AvgIpc) is 3.09. The fraction of sp³-hybridized carbons (Fsp3) is 0.0244. The van der Waals surface area contributed by atoms with Gasteiger partial charge in [-0.3, -0.25) is 0 Å². The Morgan fingerprint density at radius 3 is 1.49 bits per heavy atom. The first-order valence-corrected chi connectivity index (χ1v) is 14.4. The van der Waals surface area contributed by atoms with Gasteiger partial charge >= 0.3 is 0 Å². The van der Waals surface area contributed by atoms with Gasteiger partial charge in [0.25, 0.3) is 0 Å². The molecule has 6 aromatic carbocycles. The summed E-state index contributed by atoms with van der Waals surface area (Å²) >= 11 is 0. The molecule has 1 aliphatic heterocycles. The van der Waals surface area contributed by atoms with Crippen LogP contribution < -0.4 is 9.64 Å². The predicted octanol–water partition coefficient (Wildman–Crippen LogP) is 9.91. The molecule has 0 N–H and O–H groups in total. The highest BCUT2D eigenvalue weighted by molar-refractivity contribution is 5.76. The molecule has 2 nitrogen and oxygen atoms in total.